The van der Waals surface area contributed by atoms with Gasteiger partial charge in [0.15, 0.2) is 0 Å². The average Bonchev–Trinajstić information content (AvgIpc) is 2.42. The predicted molar refractivity (Wildman–Crippen MR) is 114 cm³/mol. The number of hydrogen-bond donors (Lipinski definition) is 1. The number of esters is 2. The molecule has 6 nitrogen and oxygen atoms in total. The summed E-state index contributed by atoms with van der Waals surface area (Å²) in [6.07, 6.45) is 2.17. The molecule has 0 aromatic rings. The molecule has 2 atom stereocenters. The summed E-state index contributed by atoms with van der Waals surface area (Å²) in [5.74, 6) is -0.482. The SMILES string of the molecule is CN[C@@H](CCN(C)[C@@H](CCC(C)(C)C)C(=O)OC(C)(C)C)C(=O)OC(C)(C)C. The molecule has 6 heteroatoms. The normalized spacial score (nSPS) is 15.3. The van der Waals surface area contributed by atoms with Gasteiger partial charge in [0.25, 0.3) is 0 Å². The number of carbonyl (C=O) groups is 2. The number of likely N-dealkylation sites (N-methyl/N-ethyl adjacent to an activating group) is 2. The van der Waals surface area contributed by atoms with Crippen molar-refractivity contribution in [3.05, 3.63) is 0 Å². The van der Waals surface area contributed by atoms with Crippen LogP contribution >= 0.6 is 0 Å². The highest BCUT2D eigenvalue weighted by Crippen LogP contribution is 2.24. The Balaban J connectivity index is 5.08. The van der Waals surface area contributed by atoms with Gasteiger partial charge < -0.3 is 14.8 Å². The first-order chi connectivity index (χ1) is 12.4. The van der Waals surface area contributed by atoms with Gasteiger partial charge in [-0.3, -0.25) is 14.5 Å². The Morgan fingerprint density at radius 2 is 1.32 bits per heavy atom. The highest BCUT2D eigenvalue weighted by atomic mass is 16.6. The van der Waals surface area contributed by atoms with Crippen LogP contribution in [-0.4, -0.2) is 60.8 Å². The highest BCUT2D eigenvalue weighted by molar-refractivity contribution is 5.77. The molecule has 0 saturated carbocycles. The number of hydrogen-bond acceptors (Lipinski definition) is 6. The number of ether oxygens (including phenoxy) is 2. The Morgan fingerprint density at radius 3 is 1.71 bits per heavy atom. The Hall–Kier alpha value is -1.14. The molecule has 0 fully saturated rings. The molecule has 0 saturated heterocycles. The second-order valence-electron chi connectivity index (χ2n) is 10.8. The predicted octanol–water partition coefficient (Wildman–Crippen LogP) is 3.77. The zero-order valence-corrected chi connectivity index (χ0v) is 20.1. The summed E-state index contributed by atoms with van der Waals surface area (Å²) >= 11 is 0. The molecular weight excluding hydrogens is 356 g/mol. The molecule has 0 spiro atoms. The Morgan fingerprint density at radius 1 is 0.857 bits per heavy atom. The fraction of sp³-hybridized carbons (Fsp3) is 0.909. The van der Waals surface area contributed by atoms with Crippen molar-refractivity contribution in [1.82, 2.24) is 10.2 Å². The summed E-state index contributed by atoms with van der Waals surface area (Å²) in [6, 6.07) is -0.752. The van der Waals surface area contributed by atoms with Gasteiger partial charge in [-0.15, -0.1) is 0 Å². The fourth-order valence-electron chi connectivity index (χ4n) is 2.70. The number of carbonyl (C=O) groups excluding carboxylic acids is 2. The van der Waals surface area contributed by atoms with Crippen molar-refractivity contribution < 1.29 is 19.1 Å². The maximum absolute atomic E-state index is 12.8. The minimum absolute atomic E-state index is 0.130. The van der Waals surface area contributed by atoms with E-state index in [9.17, 15) is 9.59 Å². The largest absolute Gasteiger partial charge is 0.459 e. The molecule has 166 valence electrons. The molecule has 0 aromatic heterocycles. The smallest absolute Gasteiger partial charge is 0.323 e. The van der Waals surface area contributed by atoms with Crippen LogP contribution in [0.15, 0.2) is 0 Å². The first-order valence-corrected chi connectivity index (χ1v) is 10.3. The van der Waals surface area contributed by atoms with Crippen LogP contribution in [0, 0.1) is 5.41 Å². The first kappa shape index (κ1) is 26.9. The van der Waals surface area contributed by atoms with E-state index >= 15 is 0 Å². The maximum Gasteiger partial charge on any atom is 0.323 e. The van der Waals surface area contributed by atoms with Crippen molar-refractivity contribution in [2.45, 2.75) is 105 Å². The third-order valence-corrected chi connectivity index (χ3v) is 4.19. The van der Waals surface area contributed by atoms with E-state index in [0.29, 0.717) is 19.4 Å². The standard InChI is InChI=1S/C22H44N2O4/c1-20(2,3)14-12-17(19(26)28-22(7,8)9)24(11)15-13-16(23-10)18(25)27-21(4,5)6/h16-17,23H,12-15H2,1-11H3/t16-,17-/m0/s1. The van der Waals surface area contributed by atoms with E-state index in [2.05, 4.69) is 26.1 Å². The van der Waals surface area contributed by atoms with Gasteiger partial charge >= 0.3 is 11.9 Å². The second kappa shape index (κ2) is 10.6. The van der Waals surface area contributed by atoms with Gasteiger partial charge in [0, 0.05) is 6.54 Å². The first-order valence-electron chi connectivity index (χ1n) is 10.3. The van der Waals surface area contributed by atoms with Crippen molar-refractivity contribution >= 4 is 11.9 Å². The van der Waals surface area contributed by atoms with Gasteiger partial charge in [-0.2, -0.15) is 0 Å². The molecule has 1 N–H and O–H groups in total. The maximum atomic E-state index is 12.8. The third-order valence-electron chi connectivity index (χ3n) is 4.19. The van der Waals surface area contributed by atoms with Gasteiger partial charge in [0.2, 0.25) is 0 Å². The lowest BCUT2D eigenvalue weighted by Gasteiger charge is -2.32. The van der Waals surface area contributed by atoms with Crippen molar-refractivity contribution in [2.24, 2.45) is 5.41 Å². The van der Waals surface area contributed by atoms with Crippen molar-refractivity contribution in [3.8, 4) is 0 Å². The number of rotatable bonds is 9. The average molecular weight is 401 g/mol. The number of nitrogens with one attached hydrogen (secondary N) is 1. The van der Waals surface area contributed by atoms with Crippen molar-refractivity contribution in [1.29, 1.82) is 0 Å². The molecule has 0 aliphatic heterocycles. The molecule has 28 heavy (non-hydrogen) atoms. The molecule has 0 unspecified atom stereocenters. The van der Waals surface area contributed by atoms with Crippen LogP contribution < -0.4 is 5.32 Å². The second-order valence-corrected chi connectivity index (χ2v) is 10.8. The van der Waals surface area contributed by atoms with E-state index in [4.69, 9.17) is 9.47 Å². The van der Waals surface area contributed by atoms with Crippen LogP contribution in [0.1, 0.15) is 81.6 Å². The van der Waals surface area contributed by atoms with Gasteiger partial charge in [0.05, 0.1) is 0 Å². The van der Waals surface area contributed by atoms with Gasteiger partial charge in [-0.05, 0) is 80.3 Å². The molecular formula is C22H44N2O4. The van der Waals surface area contributed by atoms with E-state index in [0.717, 1.165) is 6.42 Å². The molecule has 0 bridgehead atoms. The van der Waals surface area contributed by atoms with E-state index in [1.165, 1.54) is 0 Å². The zero-order chi connectivity index (χ0) is 22.3. The van der Waals surface area contributed by atoms with Crippen LogP contribution in [0.2, 0.25) is 0 Å². The molecule has 0 aliphatic carbocycles. The highest BCUT2D eigenvalue weighted by Gasteiger charge is 2.31. The van der Waals surface area contributed by atoms with E-state index in [1.807, 2.05) is 53.5 Å². The summed E-state index contributed by atoms with van der Waals surface area (Å²) in [4.78, 5) is 27.1. The summed E-state index contributed by atoms with van der Waals surface area (Å²) in [7, 11) is 3.67. The monoisotopic (exact) mass is 400 g/mol. The minimum atomic E-state index is -0.526. The van der Waals surface area contributed by atoms with Gasteiger partial charge in [-0.1, -0.05) is 20.8 Å². The molecule has 0 amide bonds. The molecule has 0 radical (unpaired) electrons. The van der Waals surface area contributed by atoms with Gasteiger partial charge in [0.1, 0.15) is 23.3 Å². The van der Waals surface area contributed by atoms with Crippen LogP contribution in [0.5, 0.6) is 0 Å². The minimum Gasteiger partial charge on any atom is -0.459 e. The molecule has 0 aliphatic rings. The zero-order valence-electron chi connectivity index (χ0n) is 20.1. The van der Waals surface area contributed by atoms with E-state index in [-0.39, 0.29) is 23.4 Å². The summed E-state index contributed by atoms with van der Waals surface area (Å²) in [6.45, 7) is 18.3. The topological polar surface area (TPSA) is 67.9 Å². The van der Waals surface area contributed by atoms with Crippen molar-refractivity contribution in [3.63, 3.8) is 0 Å². The lowest BCUT2D eigenvalue weighted by molar-refractivity contribution is -0.161. The molecule has 0 aromatic carbocycles. The molecule has 0 heterocycles. The Labute approximate surface area is 172 Å². The fourth-order valence-corrected chi connectivity index (χ4v) is 2.70. The van der Waals surface area contributed by atoms with E-state index in [1.54, 1.807) is 7.05 Å². The van der Waals surface area contributed by atoms with Gasteiger partial charge in [-0.25, -0.2) is 0 Å². The van der Waals surface area contributed by atoms with E-state index < -0.39 is 17.2 Å². The van der Waals surface area contributed by atoms with Crippen LogP contribution in [-0.2, 0) is 19.1 Å². The third kappa shape index (κ3) is 12.3. The Kier molecular flexibility index (Phi) is 10.2. The lowest BCUT2D eigenvalue weighted by Crippen LogP contribution is -2.46. The van der Waals surface area contributed by atoms with Crippen LogP contribution in [0.3, 0.4) is 0 Å². The molecule has 0 rings (SSSR count). The van der Waals surface area contributed by atoms with Crippen LogP contribution in [0.4, 0.5) is 0 Å². The summed E-state index contributed by atoms with van der Waals surface area (Å²) in [5.41, 5.74) is -0.920. The summed E-state index contributed by atoms with van der Waals surface area (Å²) in [5, 5.41) is 3.03. The summed E-state index contributed by atoms with van der Waals surface area (Å²) < 4.78 is 11.1. The van der Waals surface area contributed by atoms with Crippen LogP contribution in [0.25, 0.3) is 0 Å². The number of nitrogens with zero attached hydrogens (tertiary/aromatic N) is 1. The lowest BCUT2D eigenvalue weighted by atomic mass is 9.88. The quantitative estimate of drug-likeness (QED) is 0.594. The van der Waals surface area contributed by atoms with Crippen molar-refractivity contribution in [2.75, 3.05) is 20.6 Å². The Bertz CT molecular complexity index is 498.